The molecule has 0 aliphatic carbocycles. The van der Waals surface area contributed by atoms with Gasteiger partial charge in [0.15, 0.2) is 11.5 Å². The molecule has 1 aromatic rings. The van der Waals surface area contributed by atoms with Crippen LogP contribution in [0.4, 0.5) is 0 Å². The average Bonchev–Trinajstić information content (AvgIpc) is 2.79. The molecular formula is C15H24N2O2. The minimum absolute atomic E-state index is 0.235. The van der Waals surface area contributed by atoms with Crippen molar-refractivity contribution < 1.29 is 9.84 Å². The largest absolute Gasteiger partial charge is 0.504 e. The van der Waals surface area contributed by atoms with Crippen LogP contribution in [0.25, 0.3) is 0 Å². The number of nitrogens with two attached hydrogens (primary N) is 1. The monoisotopic (exact) mass is 264 g/mol. The number of hydrogen-bond donors (Lipinski definition) is 2. The molecule has 0 aromatic heterocycles. The molecule has 2 rings (SSSR count). The number of aryl methyl sites for hydroxylation is 1. The lowest BCUT2D eigenvalue weighted by Gasteiger charge is -2.24. The van der Waals surface area contributed by atoms with Crippen LogP contribution < -0.4 is 10.5 Å². The molecule has 1 aliphatic heterocycles. The summed E-state index contributed by atoms with van der Waals surface area (Å²) in [6.45, 7) is 3.80. The normalized spacial score (nSPS) is 23.8. The van der Waals surface area contributed by atoms with Crippen molar-refractivity contribution in [2.24, 2.45) is 11.7 Å². The van der Waals surface area contributed by atoms with Crippen molar-refractivity contribution in [3.05, 3.63) is 23.3 Å². The van der Waals surface area contributed by atoms with Gasteiger partial charge in [-0.05, 0) is 44.0 Å². The Kier molecular flexibility index (Phi) is 4.32. The fourth-order valence-corrected chi connectivity index (χ4v) is 3.09. The van der Waals surface area contributed by atoms with E-state index in [9.17, 15) is 5.11 Å². The highest BCUT2D eigenvalue weighted by atomic mass is 16.5. The number of aromatic hydroxyl groups is 1. The van der Waals surface area contributed by atoms with Gasteiger partial charge in [0.1, 0.15) is 0 Å². The Labute approximate surface area is 115 Å². The van der Waals surface area contributed by atoms with Crippen LogP contribution in [0.5, 0.6) is 11.5 Å². The van der Waals surface area contributed by atoms with E-state index >= 15 is 0 Å². The van der Waals surface area contributed by atoms with Crippen molar-refractivity contribution in [2.45, 2.75) is 25.8 Å². The van der Waals surface area contributed by atoms with E-state index in [0.29, 0.717) is 18.2 Å². The van der Waals surface area contributed by atoms with Crippen LogP contribution in [-0.4, -0.2) is 37.3 Å². The molecule has 2 unspecified atom stereocenters. The number of methoxy groups -OCH3 is 1. The fourth-order valence-electron chi connectivity index (χ4n) is 3.09. The molecular weight excluding hydrogens is 240 g/mol. The number of nitrogens with zero attached hydrogens (tertiary/aromatic N) is 1. The minimum Gasteiger partial charge on any atom is -0.504 e. The van der Waals surface area contributed by atoms with Crippen molar-refractivity contribution in [1.29, 1.82) is 0 Å². The zero-order valence-corrected chi connectivity index (χ0v) is 12.0. The van der Waals surface area contributed by atoms with E-state index in [4.69, 9.17) is 10.5 Å². The number of phenolic OH excluding ortho intramolecular Hbond substituents is 1. The summed E-state index contributed by atoms with van der Waals surface area (Å²) in [6.07, 6.45) is 1.91. The first-order chi connectivity index (χ1) is 9.12. The topological polar surface area (TPSA) is 58.7 Å². The highest BCUT2D eigenvalue weighted by Crippen LogP contribution is 2.43. The maximum atomic E-state index is 10.5. The molecule has 1 aliphatic rings. The number of rotatable bonds is 4. The summed E-state index contributed by atoms with van der Waals surface area (Å²) in [5.41, 5.74) is 7.99. The van der Waals surface area contributed by atoms with Gasteiger partial charge in [-0.1, -0.05) is 13.0 Å². The highest BCUT2D eigenvalue weighted by molar-refractivity contribution is 5.51. The molecule has 19 heavy (non-hydrogen) atoms. The molecule has 4 nitrogen and oxygen atoms in total. The van der Waals surface area contributed by atoms with Gasteiger partial charge in [-0.15, -0.1) is 0 Å². The summed E-state index contributed by atoms with van der Waals surface area (Å²) < 4.78 is 5.24. The number of hydrogen-bond acceptors (Lipinski definition) is 4. The van der Waals surface area contributed by atoms with Gasteiger partial charge in [-0.2, -0.15) is 0 Å². The first-order valence-corrected chi connectivity index (χ1v) is 6.91. The molecule has 1 fully saturated rings. The van der Waals surface area contributed by atoms with Crippen molar-refractivity contribution in [3.63, 3.8) is 0 Å². The van der Waals surface area contributed by atoms with E-state index in [2.05, 4.69) is 24.9 Å². The predicted octanol–water partition coefficient (Wildman–Crippen LogP) is 1.91. The van der Waals surface area contributed by atoms with E-state index in [1.54, 1.807) is 7.11 Å². The Morgan fingerprint density at radius 3 is 2.74 bits per heavy atom. The van der Waals surface area contributed by atoms with Crippen LogP contribution >= 0.6 is 0 Å². The SMILES string of the molecule is CCc1ccc(OC)c(O)c1C1CC(CN)CN1C. The first-order valence-electron chi connectivity index (χ1n) is 6.91. The molecule has 106 valence electrons. The maximum Gasteiger partial charge on any atom is 0.162 e. The third-order valence-electron chi connectivity index (χ3n) is 4.17. The molecule has 0 spiro atoms. The summed E-state index contributed by atoms with van der Waals surface area (Å²) in [7, 11) is 3.68. The average molecular weight is 264 g/mol. The van der Waals surface area contributed by atoms with Crippen molar-refractivity contribution in [1.82, 2.24) is 4.90 Å². The smallest absolute Gasteiger partial charge is 0.162 e. The van der Waals surface area contributed by atoms with Gasteiger partial charge in [-0.3, -0.25) is 4.90 Å². The summed E-state index contributed by atoms with van der Waals surface area (Å²) >= 11 is 0. The van der Waals surface area contributed by atoms with Crippen LogP contribution in [0.15, 0.2) is 12.1 Å². The molecule has 0 bridgehead atoms. The molecule has 0 saturated carbocycles. The summed E-state index contributed by atoms with van der Waals surface area (Å²) in [4.78, 5) is 2.28. The maximum absolute atomic E-state index is 10.5. The minimum atomic E-state index is 0.235. The Hall–Kier alpha value is -1.26. The molecule has 4 heteroatoms. The quantitative estimate of drug-likeness (QED) is 0.872. The zero-order chi connectivity index (χ0) is 14.0. The van der Waals surface area contributed by atoms with Gasteiger partial charge in [0.05, 0.1) is 7.11 Å². The Morgan fingerprint density at radius 2 is 2.21 bits per heavy atom. The lowest BCUT2D eigenvalue weighted by Crippen LogP contribution is -2.21. The van der Waals surface area contributed by atoms with E-state index in [-0.39, 0.29) is 11.8 Å². The molecule has 0 amide bonds. The Bertz CT molecular complexity index is 448. The highest BCUT2D eigenvalue weighted by Gasteiger charge is 2.33. The van der Waals surface area contributed by atoms with Crippen molar-refractivity contribution in [2.75, 3.05) is 27.2 Å². The molecule has 1 heterocycles. The molecule has 3 N–H and O–H groups in total. The van der Waals surface area contributed by atoms with Crippen LogP contribution in [0.1, 0.15) is 30.5 Å². The van der Waals surface area contributed by atoms with Crippen LogP contribution in [0.3, 0.4) is 0 Å². The number of phenols is 1. The van der Waals surface area contributed by atoms with Gasteiger partial charge >= 0.3 is 0 Å². The number of ether oxygens (including phenoxy) is 1. The van der Waals surface area contributed by atoms with E-state index in [1.165, 1.54) is 5.56 Å². The third kappa shape index (κ3) is 2.55. The second kappa shape index (κ2) is 5.80. The van der Waals surface area contributed by atoms with Gasteiger partial charge in [0, 0.05) is 18.2 Å². The molecule has 1 aromatic carbocycles. The summed E-state index contributed by atoms with van der Waals surface area (Å²) in [5, 5.41) is 10.5. The molecule has 1 saturated heterocycles. The van der Waals surface area contributed by atoms with Gasteiger partial charge < -0.3 is 15.6 Å². The summed E-state index contributed by atoms with van der Waals surface area (Å²) in [5.74, 6) is 1.35. The van der Waals surface area contributed by atoms with E-state index in [1.807, 2.05) is 6.07 Å². The third-order valence-corrected chi connectivity index (χ3v) is 4.17. The second-order valence-electron chi connectivity index (χ2n) is 5.34. The predicted molar refractivity (Wildman–Crippen MR) is 76.6 cm³/mol. The molecule has 0 radical (unpaired) electrons. The van der Waals surface area contributed by atoms with Gasteiger partial charge in [0.25, 0.3) is 0 Å². The Morgan fingerprint density at radius 1 is 1.47 bits per heavy atom. The standard InChI is InChI=1S/C15H24N2O2/c1-4-11-5-6-13(19-3)15(18)14(11)12-7-10(8-16)9-17(12)2/h5-6,10,12,18H,4,7-9,16H2,1-3H3. The van der Waals surface area contributed by atoms with Crippen LogP contribution in [-0.2, 0) is 6.42 Å². The van der Waals surface area contributed by atoms with Crippen molar-refractivity contribution >= 4 is 0 Å². The number of benzene rings is 1. The van der Waals surface area contributed by atoms with Gasteiger partial charge in [-0.25, -0.2) is 0 Å². The van der Waals surface area contributed by atoms with Crippen molar-refractivity contribution in [3.8, 4) is 11.5 Å². The Balaban J connectivity index is 2.42. The first kappa shape index (κ1) is 14.2. The fraction of sp³-hybridized carbons (Fsp3) is 0.600. The van der Waals surface area contributed by atoms with Crippen LogP contribution in [0, 0.1) is 5.92 Å². The zero-order valence-electron chi connectivity index (χ0n) is 12.0. The number of likely N-dealkylation sites (tertiary alicyclic amines) is 1. The molecule has 2 atom stereocenters. The van der Waals surface area contributed by atoms with Crippen LogP contribution in [0.2, 0.25) is 0 Å². The summed E-state index contributed by atoms with van der Waals surface area (Å²) in [6, 6.07) is 4.13. The van der Waals surface area contributed by atoms with E-state index in [0.717, 1.165) is 24.9 Å². The van der Waals surface area contributed by atoms with Gasteiger partial charge in [0.2, 0.25) is 0 Å². The lowest BCUT2D eigenvalue weighted by atomic mass is 9.93. The van der Waals surface area contributed by atoms with E-state index < -0.39 is 0 Å². The lowest BCUT2D eigenvalue weighted by molar-refractivity contribution is 0.299. The second-order valence-corrected chi connectivity index (χ2v) is 5.34.